The highest BCUT2D eigenvalue weighted by molar-refractivity contribution is 5.81. The van der Waals surface area contributed by atoms with Gasteiger partial charge in [0.1, 0.15) is 12.0 Å². The second-order valence-electron chi connectivity index (χ2n) is 7.61. The van der Waals surface area contributed by atoms with Crippen molar-refractivity contribution in [2.45, 2.75) is 40.0 Å². The summed E-state index contributed by atoms with van der Waals surface area (Å²) in [7, 11) is 0. The predicted molar refractivity (Wildman–Crippen MR) is 103 cm³/mol. The molecule has 0 N–H and O–H groups in total. The third-order valence-electron chi connectivity index (χ3n) is 5.19. The Morgan fingerprint density at radius 2 is 2.00 bits per heavy atom. The lowest BCUT2D eigenvalue weighted by molar-refractivity contribution is 0.112. The number of aryl methyl sites for hydroxylation is 2. The molecule has 0 saturated heterocycles. The first-order chi connectivity index (χ1) is 12.6. The van der Waals surface area contributed by atoms with Gasteiger partial charge in [0.15, 0.2) is 5.76 Å². The van der Waals surface area contributed by atoms with Crippen LogP contribution in [0.5, 0.6) is 0 Å². The smallest absolute Gasteiger partial charge is 0.170 e. The zero-order valence-electron chi connectivity index (χ0n) is 15.5. The largest absolute Gasteiger partial charge is 0.355 e. The minimum atomic E-state index is 0.644. The number of hydrogen-bond donors (Lipinski definition) is 0. The van der Waals surface area contributed by atoms with E-state index in [1.54, 1.807) is 0 Å². The van der Waals surface area contributed by atoms with Crippen molar-refractivity contribution in [3.63, 3.8) is 0 Å². The van der Waals surface area contributed by atoms with Crippen LogP contribution in [0, 0.1) is 12.8 Å². The summed E-state index contributed by atoms with van der Waals surface area (Å²) in [6.07, 6.45) is 3.78. The Labute approximate surface area is 154 Å². The van der Waals surface area contributed by atoms with Gasteiger partial charge < -0.3 is 4.52 Å². The van der Waals surface area contributed by atoms with Crippen LogP contribution in [-0.4, -0.2) is 11.4 Å². The average Bonchev–Trinajstić information content (AvgIpc) is 3.07. The van der Waals surface area contributed by atoms with Crippen LogP contribution in [0.1, 0.15) is 46.5 Å². The molecule has 0 spiro atoms. The highest BCUT2D eigenvalue weighted by atomic mass is 16.5. The van der Waals surface area contributed by atoms with Gasteiger partial charge in [0.25, 0.3) is 0 Å². The summed E-state index contributed by atoms with van der Waals surface area (Å²) < 4.78 is 5.77. The number of aldehydes is 1. The Bertz CT molecular complexity index is 982. The lowest BCUT2D eigenvalue weighted by Crippen LogP contribution is -2.04. The van der Waals surface area contributed by atoms with E-state index < -0.39 is 0 Å². The number of fused-ring (bicyclic) bond motifs is 3. The van der Waals surface area contributed by atoms with Crippen molar-refractivity contribution < 1.29 is 9.32 Å². The van der Waals surface area contributed by atoms with Crippen LogP contribution in [0.15, 0.2) is 40.9 Å². The fraction of sp³-hybridized carbons (Fsp3) is 0.304. The third-order valence-corrected chi connectivity index (χ3v) is 5.19. The number of nitrogens with zero attached hydrogens (tertiary/aromatic N) is 1. The van der Waals surface area contributed by atoms with Crippen molar-refractivity contribution in [1.82, 2.24) is 5.16 Å². The SMILES string of the molecule is Cc1cc(-c2onc3c2CCc2cc(C=O)ccc2-3)ccc1CC(C)C. The van der Waals surface area contributed by atoms with Crippen LogP contribution in [0.2, 0.25) is 0 Å². The minimum Gasteiger partial charge on any atom is -0.355 e. The molecule has 1 heterocycles. The molecule has 3 aromatic rings. The summed E-state index contributed by atoms with van der Waals surface area (Å²) in [4.78, 5) is 11.0. The first kappa shape index (κ1) is 16.8. The molecule has 1 aromatic heterocycles. The van der Waals surface area contributed by atoms with Gasteiger partial charge in [-0.25, -0.2) is 0 Å². The molecule has 0 atom stereocenters. The monoisotopic (exact) mass is 345 g/mol. The van der Waals surface area contributed by atoms with Crippen LogP contribution in [-0.2, 0) is 19.3 Å². The molecule has 1 aliphatic rings. The molecule has 0 unspecified atom stereocenters. The number of rotatable bonds is 4. The van der Waals surface area contributed by atoms with E-state index in [9.17, 15) is 4.79 Å². The second-order valence-corrected chi connectivity index (χ2v) is 7.61. The van der Waals surface area contributed by atoms with Gasteiger partial charge in [0, 0.05) is 22.3 Å². The maximum absolute atomic E-state index is 11.0. The maximum atomic E-state index is 11.0. The van der Waals surface area contributed by atoms with Crippen molar-refractivity contribution in [3.8, 4) is 22.6 Å². The van der Waals surface area contributed by atoms with E-state index in [-0.39, 0.29) is 0 Å². The van der Waals surface area contributed by atoms with E-state index in [0.29, 0.717) is 11.5 Å². The molecule has 26 heavy (non-hydrogen) atoms. The van der Waals surface area contributed by atoms with Gasteiger partial charge in [-0.15, -0.1) is 0 Å². The van der Waals surface area contributed by atoms with E-state index in [1.807, 2.05) is 18.2 Å². The Morgan fingerprint density at radius 3 is 2.73 bits per heavy atom. The minimum absolute atomic E-state index is 0.644. The number of aromatic nitrogens is 1. The molecule has 0 fully saturated rings. The maximum Gasteiger partial charge on any atom is 0.170 e. The molecule has 0 saturated carbocycles. The van der Waals surface area contributed by atoms with Crippen molar-refractivity contribution in [3.05, 3.63) is 64.2 Å². The Balaban J connectivity index is 1.74. The van der Waals surface area contributed by atoms with Crippen LogP contribution in [0.4, 0.5) is 0 Å². The normalized spacial score (nSPS) is 12.8. The summed E-state index contributed by atoms with van der Waals surface area (Å²) >= 11 is 0. The van der Waals surface area contributed by atoms with E-state index in [2.05, 4.69) is 44.1 Å². The number of hydrogen-bond acceptors (Lipinski definition) is 3. The molecule has 2 aromatic carbocycles. The van der Waals surface area contributed by atoms with Crippen LogP contribution >= 0.6 is 0 Å². The molecule has 0 aliphatic heterocycles. The average molecular weight is 345 g/mol. The molecule has 1 aliphatic carbocycles. The molecule has 0 bridgehead atoms. The van der Waals surface area contributed by atoms with Gasteiger partial charge in [-0.2, -0.15) is 0 Å². The highest BCUT2D eigenvalue weighted by Gasteiger charge is 2.25. The van der Waals surface area contributed by atoms with Crippen molar-refractivity contribution >= 4 is 6.29 Å². The van der Waals surface area contributed by atoms with Crippen LogP contribution < -0.4 is 0 Å². The van der Waals surface area contributed by atoms with Crippen LogP contribution in [0.3, 0.4) is 0 Å². The molecule has 0 radical (unpaired) electrons. The van der Waals surface area contributed by atoms with E-state index in [1.165, 1.54) is 22.3 Å². The fourth-order valence-electron chi connectivity index (χ4n) is 3.87. The predicted octanol–water partition coefficient (Wildman–Crippen LogP) is 5.43. The molecule has 3 nitrogen and oxygen atoms in total. The third kappa shape index (κ3) is 2.88. The topological polar surface area (TPSA) is 43.1 Å². The Morgan fingerprint density at radius 1 is 1.15 bits per heavy atom. The Hall–Kier alpha value is -2.68. The lowest BCUT2D eigenvalue weighted by Gasteiger charge is -2.16. The standard InChI is InChI=1S/C23H23NO2/c1-14(2)10-17-5-6-19(11-15(17)3)23-21-9-7-18-12-16(13-25)4-8-20(18)22(21)24-26-23/h4-6,8,11-14H,7,9-10H2,1-3H3. The molecule has 4 rings (SSSR count). The number of carbonyl (C=O) groups is 1. The number of carbonyl (C=O) groups excluding carboxylic acids is 1. The summed E-state index contributed by atoms with van der Waals surface area (Å²) in [5.41, 5.74) is 8.85. The fourth-order valence-corrected chi connectivity index (χ4v) is 3.87. The first-order valence-corrected chi connectivity index (χ1v) is 9.23. The van der Waals surface area contributed by atoms with Gasteiger partial charge >= 0.3 is 0 Å². The molecular formula is C23H23NO2. The van der Waals surface area contributed by atoms with Crippen molar-refractivity contribution in [2.75, 3.05) is 0 Å². The van der Waals surface area contributed by atoms with Gasteiger partial charge in [-0.3, -0.25) is 4.79 Å². The van der Waals surface area contributed by atoms with Gasteiger partial charge in [0.05, 0.1) is 0 Å². The van der Waals surface area contributed by atoms with Crippen molar-refractivity contribution in [1.29, 1.82) is 0 Å². The van der Waals surface area contributed by atoms with E-state index >= 15 is 0 Å². The first-order valence-electron chi connectivity index (χ1n) is 9.23. The van der Waals surface area contributed by atoms with Gasteiger partial charge in [-0.1, -0.05) is 43.3 Å². The van der Waals surface area contributed by atoms with Gasteiger partial charge in [-0.05, 0) is 60.9 Å². The zero-order chi connectivity index (χ0) is 18.3. The van der Waals surface area contributed by atoms with Crippen LogP contribution in [0.25, 0.3) is 22.6 Å². The highest BCUT2D eigenvalue weighted by Crippen LogP contribution is 2.39. The second kappa shape index (κ2) is 6.56. The molecule has 132 valence electrons. The quantitative estimate of drug-likeness (QED) is 0.592. The molecule has 3 heteroatoms. The summed E-state index contributed by atoms with van der Waals surface area (Å²) in [6, 6.07) is 12.4. The molecular weight excluding hydrogens is 322 g/mol. The summed E-state index contributed by atoms with van der Waals surface area (Å²) in [6.45, 7) is 6.65. The number of benzene rings is 2. The van der Waals surface area contributed by atoms with E-state index in [4.69, 9.17) is 4.52 Å². The molecule has 0 amide bonds. The zero-order valence-corrected chi connectivity index (χ0v) is 15.5. The summed E-state index contributed by atoms with van der Waals surface area (Å²) in [5.74, 6) is 1.52. The van der Waals surface area contributed by atoms with E-state index in [0.717, 1.165) is 48.1 Å². The van der Waals surface area contributed by atoms with Crippen molar-refractivity contribution in [2.24, 2.45) is 5.92 Å². The Kier molecular flexibility index (Phi) is 4.23. The lowest BCUT2D eigenvalue weighted by atomic mass is 9.87. The summed E-state index contributed by atoms with van der Waals surface area (Å²) in [5, 5.41) is 4.37. The van der Waals surface area contributed by atoms with Gasteiger partial charge in [0.2, 0.25) is 0 Å².